The molecule has 3 rings (SSSR count). The van der Waals surface area contributed by atoms with E-state index >= 15 is 0 Å². The normalized spacial score (nSPS) is 15.8. The third-order valence-electron chi connectivity index (χ3n) is 2.99. The number of rotatable bonds is 3. The van der Waals surface area contributed by atoms with Crippen molar-refractivity contribution in [3.63, 3.8) is 0 Å². The van der Waals surface area contributed by atoms with Crippen molar-refractivity contribution in [2.75, 3.05) is 11.9 Å². The molecule has 0 bridgehead atoms. The van der Waals surface area contributed by atoms with Crippen molar-refractivity contribution in [3.8, 4) is 0 Å². The summed E-state index contributed by atoms with van der Waals surface area (Å²) in [7, 11) is 1.88. The first-order valence-electron chi connectivity index (χ1n) is 6.64. The summed E-state index contributed by atoms with van der Waals surface area (Å²) in [5, 5.41) is 11.5. The van der Waals surface area contributed by atoms with E-state index in [-0.39, 0.29) is 0 Å². The Balaban J connectivity index is 1.59. The fourth-order valence-corrected chi connectivity index (χ4v) is 2.56. The van der Waals surface area contributed by atoms with Crippen molar-refractivity contribution in [1.29, 1.82) is 0 Å². The van der Waals surface area contributed by atoms with E-state index in [1.165, 1.54) is 0 Å². The minimum Gasteiger partial charge on any atom is -0.326 e. The number of amidine groups is 1. The van der Waals surface area contributed by atoms with Crippen LogP contribution >= 0.6 is 23.2 Å². The van der Waals surface area contributed by atoms with Gasteiger partial charge in [-0.05, 0) is 18.2 Å². The molecule has 22 heavy (non-hydrogen) atoms. The summed E-state index contributed by atoms with van der Waals surface area (Å²) in [6.45, 7) is 1.08. The van der Waals surface area contributed by atoms with Gasteiger partial charge in [-0.3, -0.25) is 9.67 Å². The number of halogens is 2. The minimum absolute atomic E-state index is 0.511. The molecule has 8 heteroatoms. The number of nitrogens with one attached hydrogen (secondary N) is 2. The lowest BCUT2D eigenvalue weighted by atomic mass is 10.3. The number of anilines is 1. The Labute approximate surface area is 137 Å². The molecule has 1 aromatic heterocycles. The lowest BCUT2D eigenvalue weighted by molar-refractivity contribution is 0.767. The Hall–Kier alpha value is -2.05. The highest BCUT2D eigenvalue weighted by Crippen LogP contribution is 2.22. The van der Waals surface area contributed by atoms with Crippen LogP contribution in [0.4, 0.5) is 5.69 Å². The van der Waals surface area contributed by atoms with E-state index in [1.54, 1.807) is 29.1 Å². The van der Waals surface area contributed by atoms with Crippen molar-refractivity contribution in [2.24, 2.45) is 17.0 Å². The van der Waals surface area contributed by atoms with Crippen LogP contribution in [-0.4, -0.2) is 28.1 Å². The monoisotopic (exact) mass is 336 g/mol. The van der Waals surface area contributed by atoms with Gasteiger partial charge in [0.2, 0.25) is 5.96 Å². The topological polar surface area (TPSA) is 66.6 Å². The molecule has 114 valence electrons. The Morgan fingerprint density at radius 2 is 2.09 bits per heavy atom. The maximum Gasteiger partial charge on any atom is 0.201 e. The first-order valence-corrected chi connectivity index (χ1v) is 7.39. The van der Waals surface area contributed by atoms with E-state index in [4.69, 9.17) is 23.2 Å². The van der Waals surface area contributed by atoms with Crippen molar-refractivity contribution in [2.45, 2.75) is 6.54 Å². The highest BCUT2D eigenvalue weighted by molar-refractivity contribution is 6.35. The minimum atomic E-state index is 0.511. The zero-order chi connectivity index (χ0) is 15.5. The number of nitrogens with zero attached hydrogens (tertiary/aromatic N) is 4. The van der Waals surface area contributed by atoms with Crippen LogP contribution in [0.15, 0.2) is 40.6 Å². The maximum absolute atomic E-state index is 5.97. The Morgan fingerprint density at radius 1 is 1.32 bits per heavy atom. The van der Waals surface area contributed by atoms with Gasteiger partial charge in [0.05, 0.1) is 12.7 Å². The zero-order valence-corrected chi connectivity index (χ0v) is 13.4. The Bertz CT molecular complexity index is 729. The largest absolute Gasteiger partial charge is 0.326 e. The molecule has 2 heterocycles. The molecule has 0 amide bonds. The Kier molecular flexibility index (Phi) is 4.31. The van der Waals surface area contributed by atoms with Crippen LogP contribution in [0.3, 0.4) is 0 Å². The van der Waals surface area contributed by atoms with E-state index in [9.17, 15) is 0 Å². The van der Waals surface area contributed by atoms with Gasteiger partial charge in [-0.25, -0.2) is 4.99 Å². The van der Waals surface area contributed by atoms with Gasteiger partial charge in [-0.2, -0.15) is 5.10 Å². The number of hydrogen-bond acceptors (Lipinski definition) is 4. The summed E-state index contributed by atoms with van der Waals surface area (Å²) in [6.07, 6.45) is 3.74. The first-order chi connectivity index (χ1) is 10.6. The average molecular weight is 337 g/mol. The number of aryl methyl sites for hydroxylation is 1. The Morgan fingerprint density at radius 3 is 2.77 bits per heavy atom. The number of benzene rings is 1. The van der Waals surface area contributed by atoms with Crippen LogP contribution < -0.4 is 10.6 Å². The molecule has 1 aliphatic rings. The summed E-state index contributed by atoms with van der Waals surface area (Å²) in [5.41, 5.74) is 1.83. The molecule has 0 saturated carbocycles. The van der Waals surface area contributed by atoms with Crippen LogP contribution in [0.2, 0.25) is 10.0 Å². The van der Waals surface area contributed by atoms with Gasteiger partial charge >= 0.3 is 0 Å². The van der Waals surface area contributed by atoms with E-state index in [0.717, 1.165) is 17.1 Å². The molecule has 0 unspecified atom stereocenters. The quantitative estimate of drug-likeness (QED) is 0.905. The van der Waals surface area contributed by atoms with Crippen LogP contribution in [0.5, 0.6) is 0 Å². The average Bonchev–Trinajstić information content (AvgIpc) is 3.04. The van der Waals surface area contributed by atoms with E-state index in [2.05, 4.69) is 25.7 Å². The van der Waals surface area contributed by atoms with E-state index in [1.807, 2.05) is 13.2 Å². The van der Waals surface area contributed by atoms with E-state index in [0.29, 0.717) is 29.1 Å². The van der Waals surface area contributed by atoms with Gasteiger partial charge in [-0.1, -0.05) is 23.2 Å². The number of aromatic nitrogens is 2. The smallest absolute Gasteiger partial charge is 0.201 e. The molecule has 0 saturated heterocycles. The standard InChI is InChI=1S/C14H14Cl2N6/c1-22-8-9(6-19-22)5-17-13-7-18-14(21-13)20-12-3-10(15)2-11(16)4-12/h2-4,6,8H,5,7H2,1H3,(H2,17,18,20,21). The molecule has 6 nitrogen and oxygen atoms in total. The second-order valence-corrected chi connectivity index (χ2v) is 5.73. The summed E-state index contributed by atoms with van der Waals surface area (Å²) in [6, 6.07) is 5.24. The highest BCUT2D eigenvalue weighted by atomic mass is 35.5. The predicted octanol–water partition coefficient (Wildman–Crippen LogP) is 2.70. The molecule has 0 spiro atoms. The molecule has 1 aromatic carbocycles. The van der Waals surface area contributed by atoms with Gasteiger partial charge in [0.25, 0.3) is 0 Å². The van der Waals surface area contributed by atoms with Crippen LogP contribution in [-0.2, 0) is 13.6 Å². The molecular weight excluding hydrogens is 323 g/mol. The summed E-state index contributed by atoms with van der Waals surface area (Å²) in [5.74, 6) is 1.43. The van der Waals surface area contributed by atoms with Crippen molar-refractivity contribution >= 4 is 40.7 Å². The van der Waals surface area contributed by atoms with Crippen molar-refractivity contribution < 1.29 is 0 Å². The van der Waals surface area contributed by atoms with Crippen LogP contribution in [0, 0.1) is 0 Å². The fraction of sp³-hybridized carbons (Fsp3) is 0.214. The van der Waals surface area contributed by atoms with Gasteiger partial charge in [0, 0.05) is 34.5 Å². The molecule has 0 aliphatic carbocycles. The number of guanidine groups is 1. The van der Waals surface area contributed by atoms with Crippen molar-refractivity contribution in [3.05, 3.63) is 46.2 Å². The predicted molar refractivity (Wildman–Crippen MR) is 89.9 cm³/mol. The maximum atomic E-state index is 5.97. The van der Waals surface area contributed by atoms with Gasteiger partial charge in [0.1, 0.15) is 12.4 Å². The first kappa shape index (κ1) is 14.9. The van der Waals surface area contributed by atoms with E-state index < -0.39 is 0 Å². The van der Waals surface area contributed by atoms with Crippen molar-refractivity contribution in [1.82, 2.24) is 15.1 Å². The lowest BCUT2D eigenvalue weighted by Gasteiger charge is -2.07. The van der Waals surface area contributed by atoms with Gasteiger partial charge < -0.3 is 10.6 Å². The fourth-order valence-electron chi connectivity index (χ4n) is 2.03. The number of aliphatic imine (C=N–C) groups is 2. The van der Waals surface area contributed by atoms with Gasteiger partial charge in [-0.15, -0.1) is 0 Å². The summed E-state index contributed by atoms with van der Waals surface area (Å²) < 4.78 is 1.75. The SMILES string of the molecule is Cn1cc(CN=C2CN=C(Nc3cc(Cl)cc(Cl)c3)N2)cn1. The van der Waals surface area contributed by atoms with Crippen LogP contribution in [0.25, 0.3) is 0 Å². The molecule has 1 aliphatic heterocycles. The second-order valence-electron chi connectivity index (χ2n) is 4.86. The molecule has 0 radical (unpaired) electrons. The molecule has 0 atom stereocenters. The summed E-state index contributed by atoms with van der Waals surface area (Å²) in [4.78, 5) is 8.83. The summed E-state index contributed by atoms with van der Waals surface area (Å²) >= 11 is 11.9. The third-order valence-corrected chi connectivity index (χ3v) is 3.42. The van der Waals surface area contributed by atoms with Crippen LogP contribution in [0.1, 0.15) is 5.56 Å². The molecular formula is C14H14Cl2N6. The van der Waals surface area contributed by atoms with Gasteiger partial charge in [0.15, 0.2) is 0 Å². The number of hydrogen-bond donors (Lipinski definition) is 2. The zero-order valence-electron chi connectivity index (χ0n) is 11.8. The highest BCUT2D eigenvalue weighted by Gasteiger charge is 2.12. The lowest BCUT2D eigenvalue weighted by Crippen LogP contribution is -2.30. The molecule has 2 aromatic rings. The second kappa shape index (κ2) is 6.37. The molecule has 2 N–H and O–H groups in total. The third kappa shape index (κ3) is 3.78. The molecule has 0 fully saturated rings.